The number of hydrogen-bond acceptors (Lipinski definition) is 3. The van der Waals surface area contributed by atoms with Crippen molar-refractivity contribution in [2.45, 2.75) is 78.4 Å². The molecule has 4 nitrogen and oxygen atoms in total. The predicted octanol–water partition coefficient (Wildman–Crippen LogP) is 3.92. The van der Waals surface area contributed by atoms with Crippen LogP contribution in [-0.4, -0.2) is 41.6 Å². The van der Waals surface area contributed by atoms with Gasteiger partial charge in [0.2, 0.25) is 0 Å². The van der Waals surface area contributed by atoms with Crippen molar-refractivity contribution in [1.82, 2.24) is 4.90 Å². The largest absolute Gasteiger partial charge is 0.444 e. The summed E-state index contributed by atoms with van der Waals surface area (Å²) in [7, 11) is 0. The Labute approximate surface area is 135 Å². The van der Waals surface area contributed by atoms with E-state index in [0.717, 1.165) is 12.7 Å². The van der Waals surface area contributed by atoms with Crippen LogP contribution in [-0.2, 0) is 9.39 Å². The molecule has 124 valence electrons. The standard InChI is InChI=1S/C17H30BNO3/c1-15(2,3)21-14(20)19-11-9-8-10-13(19)18-12-16(4,5)17(6,7)22-18/h8-9,13H,10-12H2,1-7H3. The molecule has 2 rings (SSSR count). The second-order valence-electron chi connectivity index (χ2n) is 8.66. The molecule has 1 unspecified atom stereocenters. The second kappa shape index (κ2) is 5.59. The maximum Gasteiger partial charge on any atom is 0.410 e. The fourth-order valence-corrected chi connectivity index (χ4v) is 3.11. The zero-order valence-corrected chi connectivity index (χ0v) is 15.1. The summed E-state index contributed by atoms with van der Waals surface area (Å²) in [5.74, 6) is 0.0564. The molecule has 5 heteroatoms. The van der Waals surface area contributed by atoms with Crippen molar-refractivity contribution >= 4 is 13.0 Å². The van der Waals surface area contributed by atoms with Gasteiger partial charge < -0.3 is 14.3 Å². The van der Waals surface area contributed by atoms with Gasteiger partial charge in [-0.15, -0.1) is 0 Å². The van der Waals surface area contributed by atoms with Gasteiger partial charge in [-0.25, -0.2) is 4.79 Å². The third-order valence-corrected chi connectivity index (χ3v) is 5.09. The van der Waals surface area contributed by atoms with Crippen LogP contribution in [0.3, 0.4) is 0 Å². The van der Waals surface area contributed by atoms with E-state index in [4.69, 9.17) is 9.39 Å². The van der Waals surface area contributed by atoms with E-state index >= 15 is 0 Å². The van der Waals surface area contributed by atoms with Crippen LogP contribution >= 0.6 is 0 Å². The zero-order chi connectivity index (χ0) is 16.8. The summed E-state index contributed by atoms with van der Waals surface area (Å²) < 4.78 is 11.9. The smallest absolute Gasteiger partial charge is 0.410 e. The summed E-state index contributed by atoms with van der Waals surface area (Å²) >= 11 is 0. The molecule has 1 atom stereocenters. The van der Waals surface area contributed by atoms with Crippen molar-refractivity contribution in [3.63, 3.8) is 0 Å². The summed E-state index contributed by atoms with van der Waals surface area (Å²) in [4.78, 5) is 14.3. The highest BCUT2D eigenvalue weighted by Gasteiger charge is 2.53. The fraction of sp³-hybridized carbons (Fsp3) is 0.824. The number of amides is 1. The lowest BCUT2D eigenvalue weighted by Crippen LogP contribution is -2.52. The maximum absolute atomic E-state index is 12.5. The van der Waals surface area contributed by atoms with Gasteiger partial charge in [0.25, 0.3) is 0 Å². The number of carbonyl (C=O) groups excluding carboxylic acids is 1. The monoisotopic (exact) mass is 307 g/mol. The minimum Gasteiger partial charge on any atom is -0.444 e. The van der Waals surface area contributed by atoms with E-state index in [-0.39, 0.29) is 30.0 Å². The Morgan fingerprint density at radius 2 is 1.91 bits per heavy atom. The number of carbonyl (C=O) groups is 1. The molecule has 0 aromatic rings. The third-order valence-electron chi connectivity index (χ3n) is 5.09. The summed E-state index contributed by atoms with van der Waals surface area (Å²) in [6.07, 6.45) is 5.72. The first-order valence-electron chi connectivity index (χ1n) is 8.25. The van der Waals surface area contributed by atoms with Gasteiger partial charge in [-0.3, -0.25) is 0 Å². The Bertz CT molecular complexity index is 449. The van der Waals surface area contributed by atoms with Gasteiger partial charge >= 0.3 is 13.0 Å². The van der Waals surface area contributed by atoms with Crippen molar-refractivity contribution in [3.8, 4) is 0 Å². The predicted molar refractivity (Wildman–Crippen MR) is 90.0 cm³/mol. The molecule has 0 radical (unpaired) electrons. The van der Waals surface area contributed by atoms with Crippen molar-refractivity contribution in [2.24, 2.45) is 5.41 Å². The minimum atomic E-state index is -0.474. The van der Waals surface area contributed by atoms with E-state index in [1.54, 1.807) is 0 Å². The van der Waals surface area contributed by atoms with Gasteiger partial charge in [0.15, 0.2) is 0 Å². The number of rotatable bonds is 1. The lowest BCUT2D eigenvalue weighted by molar-refractivity contribution is 0.0162. The normalized spacial score (nSPS) is 27.1. The second-order valence-corrected chi connectivity index (χ2v) is 8.66. The molecule has 0 aliphatic carbocycles. The summed E-state index contributed by atoms with van der Waals surface area (Å²) in [5, 5.41) is 0. The molecule has 0 bridgehead atoms. The van der Waals surface area contributed by atoms with Crippen molar-refractivity contribution in [2.75, 3.05) is 6.54 Å². The average molecular weight is 307 g/mol. The molecular formula is C17H30BNO3. The van der Waals surface area contributed by atoms with E-state index in [9.17, 15) is 4.79 Å². The summed E-state index contributed by atoms with van der Waals surface area (Å²) in [6.45, 7) is 15.1. The Kier molecular flexibility index (Phi) is 4.42. The molecule has 2 heterocycles. The molecule has 2 aliphatic heterocycles. The lowest BCUT2D eigenvalue weighted by Gasteiger charge is -2.37. The van der Waals surface area contributed by atoms with Gasteiger partial charge in [-0.2, -0.15) is 0 Å². The number of hydrogen-bond donors (Lipinski definition) is 0. The molecule has 22 heavy (non-hydrogen) atoms. The SMILES string of the molecule is CC(C)(C)OC(=O)N1CC=CCC1B1CC(C)(C)C(C)(C)O1. The Balaban J connectivity index is 2.15. The Hall–Kier alpha value is -0.965. The maximum atomic E-state index is 12.5. The molecule has 0 spiro atoms. The van der Waals surface area contributed by atoms with Crippen molar-refractivity contribution in [1.29, 1.82) is 0 Å². The van der Waals surface area contributed by atoms with E-state index in [1.807, 2.05) is 31.7 Å². The van der Waals surface area contributed by atoms with Gasteiger partial charge in [-0.1, -0.05) is 26.0 Å². The van der Waals surface area contributed by atoms with Crippen LogP contribution in [0.15, 0.2) is 12.2 Å². The average Bonchev–Trinajstić information content (AvgIpc) is 2.56. The van der Waals surface area contributed by atoms with Crippen molar-refractivity contribution in [3.05, 3.63) is 12.2 Å². The molecule has 0 N–H and O–H groups in total. The van der Waals surface area contributed by atoms with Gasteiger partial charge in [0, 0.05) is 12.5 Å². The fourth-order valence-electron chi connectivity index (χ4n) is 3.11. The van der Waals surface area contributed by atoms with E-state index in [0.29, 0.717) is 6.54 Å². The van der Waals surface area contributed by atoms with Crippen LogP contribution in [0.4, 0.5) is 4.79 Å². The van der Waals surface area contributed by atoms with Crippen LogP contribution in [0, 0.1) is 5.41 Å². The molecule has 0 saturated carbocycles. The molecule has 1 fully saturated rings. The van der Waals surface area contributed by atoms with Gasteiger partial charge in [0.05, 0.1) is 5.60 Å². The van der Waals surface area contributed by atoms with Crippen LogP contribution in [0.1, 0.15) is 54.9 Å². The Morgan fingerprint density at radius 3 is 2.41 bits per heavy atom. The van der Waals surface area contributed by atoms with E-state index in [2.05, 4.69) is 33.8 Å². The highest BCUT2D eigenvalue weighted by Crippen LogP contribution is 2.47. The highest BCUT2D eigenvalue weighted by molar-refractivity contribution is 6.55. The van der Waals surface area contributed by atoms with Crippen LogP contribution in [0.25, 0.3) is 0 Å². The van der Waals surface area contributed by atoms with Crippen LogP contribution in [0.2, 0.25) is 6.32 Å². The third kappa shape index (κ3) is 3.50. The zero-order valence-electron chi connectivity index (χ0n) is 15.1. The summed E-state index contributed by atoms with van der Waals surface area (Å²) in [5.41, 5.74) is -0.561. The first-order valence-corrected chi connectivity index (χ1v) is 8.25. The molecule has 1 saturated heterocycles. The molecular weight excluding hydrogens is 277 g/mol. The topological polar surface area (TPSA) is 38.8 Å². The molecule has 0 aromatic carbocycles. The van der Waals surface area contributed by atoms with Crippen molar-refractivity contribution < 1.29 is 14.2 Å². The van der Waals surface area contributed by atoms with Gasteiger partial charge in [0.1, 0.15) is 5.60 Å². The lowest BCUT2D eigenvalue weighted by atomic mass is 9.52. The number of nitrogens with zero attached hydrogens (tertiary/aromatic N) is 1. The number of ether oxygens (including phenoxy) is 1. The van der Waals surface area contributed by atoms with Gasteiger partial charge in [-0.05, 0) is 52.8 Å². The minimum absolute atomic E-state index is 0.0564. The first kappa shape index (κ1) is 17.4. The van der Waals surface area contributed by atoms with E-state index < -0.39 is 5.60 Å². The van der Waals surface area contributed by atoms with E-state index in [1.165, 1.54) is 0 Å². The van der Waals surface area contributed by atoms with Crippen LogP contribution < -0.4 is 0 Å². The van der Waals surface area contributed by atoms with Crippen LogP contribution in [0.5, 0.6) is 0 Å². The molecule has 1 amide bonds. The summed E-state index contributed by atoms with van der Waals surface area (Å²) in [6, 6.07) is 0. The molecule has 2 aliphatic rings. The highest BCUT2D eigenvalue weighted by atomic mass is 16.6. The quantitative estimate of drug-likeness (QED) is 0.544. The first-order chi connectivity index (χ1) is 9.93. The molecule has 0 aromatic heterocycles. The Morgan fingerprint density at radius 1 is 1.27 bits per heavy atom.